The summed E-state index contributed by atoms with van der Waals surface area (Å²) in [5.41, 5.74) is 4.12. The van der Waals surface area contributed by atoms with Gasteiger partial charge in [-0.1, -0.05) is 45.0 Å². The van der Waals surface area contributed by atoms with E-state index in [4.69, 9.17) is 18.9 Å². The van der Waals surface area contributed by atoms with Crippen LogP contribution in [0, 0.1) is 11.5 Å². The summed E-state index contributed by atoms with van der Waals surface area (Å²) in [4.78, 5) is 11.4. The van der Waals surface area contributed by atoms with E-state index in [1.807, 2.05) is 0 Å². The molecule has 1 fully saturated rings. The number of hydrogen-bond donors (Lipinski definition) is 0. The van der Waals surface area contributed by atoms with Crippen LogP contribution < -0.4 is 0 Å². The van der Waals surface area contributed by atoms with Gasteiger partial charge < -0.3 is 18.9 Å². The van der Waals surface area contributed by atoms with Crippen molar-refractivity contribution in [3.05, 3.63) is 11.9 Å². The third-order valence-corrected chi connectivity index (χ3v) is 9.57. The van der Waals surface area contributed by atoms with Gasteiger partial charge in [0.2, 0.25) is 0 Å². The fourth-order valence-electron chi connectivity index (χ4n) is 2.21. The number of esters is 1. The van der Waals surface area contributed by atoms with Crippen LogP contribution in [0.1, 0.15) is 33.4 Å². The SMILES string of the molecule is CC(=O)O[C@H](COCC#C[Si](C)(C)C(C)(C)C)Cn1cc(COC[C@@H]2CO2)nn1. The van der Waals surface area contributed by atoms with E-state index in [1.165, 1.54) is 6.92 Å². The van der Waals surface area contributed by atoms with Crippen LogP contribution in [0.5, 0.6) is 0 Å². The molecule has 0 spiro atoms. The third kappa shape index (κ3) is 8.66. The zero-order valence-electron chi connectivity index (χ0n) is 18.4. The predicted octanol–water partition coefficient (Wildman–Crippen LogP) is 2.19. The fraction of sp³-hybridized carbons (Fsp3) is 0.750. The van der Waals surface area contributed by atoms with Gasteiger partial charge in [-0.2, -0.15) is 0 Å². The summed E-state index contributed by atoms with van der Waals surface area (Å²) in [7, 11) is -1.65. The zero-order chi connectivity index (χ0) is 21.5. The molecule has 0 aromatic carbocycles. The van der Waals surface area contributed by atoms with E-state index in [2.05, 4.69) is 55.6 Å². The van der Waals surface area contributed by atoms with E-state index < -0.39 is 14.2 Å². The predicted molar refractivity (Wildman–Crippen MR) is 111 cm³/mol. The minimum Gasteiger partial charge on any atom is -0.458 e. The summed E-state index contributed by atoms with van der Waals surface area (Å²) in [6.07, 6.45) is 1.54. The van der Waals surface area contributed by atoms with Crippen molar-refractivity contribution in [2.45, 2.75) is 71.2 Å². The van der Waals surface area contributed by atoms with Gasteiger partial charge in [-0.3, -0.25) is 4.79 Å². The Morgan fingerprint density at radius 1 is 1.41 bits per heavy atom. The smallest absolute Gasteiger partial charge is 0.303 e. The first-order valence-corrected chi connectivity index (χ1v) is 12.9. The lowest BCUT2D eigenvalue weighted by molar-refractivity contribution is -0.150. The van der Waals surface area contributed by atoms with Gasteiger partial charge in [0.15, 0.2) is 0 Å². The van der Waals surface area contributed by atoms with Gasteiger partial charge in [0, 0.05) is 6.92 Å². The maximum atomic E-state index is 11.4. The summed E-state index contributed by atoms with van der Waals surface area (Å²) in [6, 6.07) is 0. The maximum Gasteiger partial charge on any atom is 0.303 e. The van der Waals surface area contributed by atoms with Gasteiger partial charge in [0.1, 0.15) is 32.6 Å². The number of carbonyl (C=O) groups is 1. The van der Waals surface area contributed by atoms with Crippen LogP contribution in [-0.4, -0.2) is 67.7 Å². The molecule has 1 aromatic heterocycles. The van der Waals surface area contributed by atoms with Crippen molar-refractivity contribution in [1.82, 2.24) is 15.0 Å². The topological polar surface area (TPSA) is 88.0 Å². The molecule has 9 heteroatoms. The molecule has 0 aliphatic carbocycles. The molecule has 162 valence electrons. The van der Waals surface area contributed by atoms with Crippen molar-refractivity contribution in [1.29, 1.82) is 0 Å². The lowest BCUT2D eigenvalue weighted by Crippen LogP contribution is -2.35. The van der Waals surface area contributed by atoms with Gasteiger partial charge in [0.25, 0.3) is 0 Å². The number of nitrogens with zero attached hydrogens (tertiary/aromatic N) is 3. The normalized spacial score (nSPS) is 17.4. The van der Waals surface area contributed by atoms with Gasteiger partial charge in [0.05, 0.1) is 39.2 Å². The molecule has 2 heterocycles. The van der Waals surface area contributed by atoms with Crippen LogP contribution in [0.4, 0.5) is 0 Å². The molecule has 2 atom stereocenters. The lowest BCUT2D eigenvalue weighted by atomic mass is 10.2. The van der Waals surface area contributed by atoms with Gasteiger partial charge >= 0.3 is 5.97 Å². The van der Waals surface area contributed by atoms with Crippen molar-refractivity contribution >= 4 is 14.0 Å². The molecule has 0 bridgehead atoms. The van der Waals surface area contributed by atoms with Crippen molar-refractivity contribution in [2.75, 3.05) is 26.4 Å². The molecule has 8 nitrogen and oxygen atoms in total. The average Bonchev–Trinajstić information content (AvgIpc) is 3.31. The van der Waals surface area contributed by atoms with E-state index in [0.29, 0.717) is 32.1 Å². The summed E-state index contributed by atoms with van der Waals surface area (Å²) in [5.74, 6) is 2.77. The van der Waals surface area contributed by atoms with Crippen molar-refractivity contribution in [3.63, 3.8) is 0 Å². The van der Waals surface area contributed by atoms with Crippen LogP contribution >= 0.6 is 0 Å². The zero-order valence-corrected chi connectivity index (χ0v) is 19.4. The first-order valence-electron chi connectivity index (χ1n) is 9.90. The van der Waals surface area contributed by atoms with Crippen LogP contribution in [0.2, 0.25) is 18.1 Å². The molecule has 0 amide bonds. The molecule has 0 saturated carbocycles. The molecular formula is C20H33N3O5Si. The Kier molecular flexibility index (Phi) is 8.40. The maximum absolute atomic E-state index is 11.4. The van der Waals surface area contributed by atoms with E-state index in [1.54, 1.807) is 10.9 Å². The second-order valence-corrected chi connectivity index (χ2v) is 13.8. The first kappa shape index (κ1) is 23.5. The highest BCUT2D eigenvalue weighted by Gasteiger charge is 2.33. The number of rotatable bonds is 10. The highest BCUT2D eigenvalue weighted by Crippen LogP contribution is 2.35. The lowest BCUT2D eigenvalue weighted by Gasteiger charge is -2.31. The van der Waals surface area contributed by atoms with Crippen molar-refractivity contribution in [2.24, 2.45) is 0 Å². The fourth-order valence-corrected chi connectivity index (χ4v) is 3.10. The summed E-state index contributed by atoms with van der Waals surface area (Å²) >= 11 is 0. The average molecular weight is 424 g/mol. The Hall–Kier alpha value is -1.73. The van der Waals surface area contributed by atoms with Crippen LogP contribution in [-0.2, 0) is 36.9 Å². The Bertz CT molecular complexity index is 728. The monoisotopic (exact) mass is 423 g/mol. The number of ether oxygens (including phenoxy) is 4. The van der Waals surface area contributed by atoms with Gasteiger partial charge in [-0.15, -0.1) is 10.6 Å². The van der Waals surface area contributed by atoms with Gasteiger partial charge in [-0.25, -0.2) is 4.68 Å². The van der Waals surface area contributed by atoms with Gasteiger partial charge in [-0.05, 0) is 5.04 Å². The highest BCUT2D eigenvalue weighted by atomic mass is 28.3. The molecule has 1 aliphatic heterocycles. The summed E-state index contributed by atoms with van der Waals surface area (Å²) < 4.78 is 23.2. The first-order chi connectivity index (χ1) is 13.6. The number of hydrogen-bond acceptors (Lipinski definition) is 7. The molecule has 0 unspecified atom stereocenters. The van der Waals surface area contributed by atoms with E-state index in [0.717, 1.165) is 6.61 Å². The summed E-state index contributed by atoms with van der Waals surface area (Å²) in [5, 5.41) is 8.35. The Morgan fingerprint density at radius 3 is 2.76 bits per heavy atom. The third-order valence-electron chi connectivity index (χ3n) is 5.02. The minimum absolute atomic E-state index is 0.209. The Balaban J connectivity index is 1.80. The van der Waals surface area contributed by atoms with Crippen molar-refractivity contribution < 1.29 is 23.7 Å². The molecule has 29 heavy (non-hydrogen) atoms. The van der Waals surface area contributed by atoms with E-state index in [9.17, 15) is 4.79 Å². The van der Waals surface area contributed by atoms with Crippen LogP contribution in [0.3, 0.4) is 0 Å². The van der Waals surface area contributed by atoms with Crippen LogP contribution in [0.25, 0.3) is 0 Å². The number of epoxide rings is 1. The highest BCUT2D eigenvalue weighted by molar-refractivity contribution is 6.87. The molecule has 1 saturated heterocycles. The molecule has 0 N–H and O–H groups in total. The minimum atomic E-state index is -1.65. The molecule has 1 aliphatic rings. The summed E-state index contributed by atoms with van der Waals surface area (Å²) in [6.45, 7) is 15.2. The van der Waals surface area contributed by atoms with E-state index >= 15 is 0 Å². The standard InChI is InChI=1S/C20H33N3O5Si/c1-16(24)28-18(13-25-8-7-9-29(5,6)20(2,3)4)11-23-10-17(21-22-23)12-26-14-19-15-27-19/h10,18-19H,8,11-15H2,1-6H3/t18-,19+/m0/s1. The Labute approximate surface area is 174 Å². The second-order valence-electron chi connectivity index (χ2n) is 8.83. The molecule has 0 radical (unpaired) electrons. The second kappa shape index (κ2) is 10.3. The number of carbonyl (C=O) groups excluding carboxylic acids is 1. The molecular weight excluding hydrogens is 390 g/mol. The largest absolute Gasteiger partial charge is 0.458 e. The molecule has 1 aromatic rings. The van der Waals surface area contributed by atoms with Crippen LogP contribution in [0.15, 0.2) is 6.20 Å². The quantitative estimate of drug-likeness (QED) is 0.187. The number of aromatic nitrogens is 3. The Morgan fingerprint density at radius 2 is 2.14 bits per heavy atom. The van der Waals surface area contributed by atoms with Crippen molar-refractivity contribution in [3.8, 4) is 11.5 Å². The van der Waals surface area contributed by atoms with E-state index in [-0.39, 0.29) is 23.7 Å². The molecule has 2 rings (SSSR count).